The molecule has 0 N–H and O–H groups in total. The van der Waals surface area contributed by atoms with Crippen molar-refractivity contribution in [1.82, 2.24) is 4.98 Å². The van der Waals surface area contributed by atoms with Crippen LogP contribution in [0.5, 0.6) is 0 Å². The highest BCUT2D eigenvalue weighted by Crippen LogP contribution is 2.21. The van der Waals surface area contributed by atoms with Gasteiger partial charge in [-0.3, -0.25) is 4.79 Å². The van der Waals surface area contributed by atoms with E-state index in [2.05, 4.69) is 26.0 Å². The number of carbonyl (C=O) groups excluding carboxylic acids is 1. The van der Waals surface area contributed by atoms with E-state index in [9.17, 15) is 13.6 Å². The molecule has 84 valence electrons. The lowest BCUT2D eigenvalue weighted by Gasteiger charge is -2.09. The summed E-state index contributed by atoms with van der Waals surface area (Å²) in [4.78, 5) is 15.3. The van der Waals surface area contributed by atoms with Crippen LogP contribution in [0, 0.1) is 0 Å². The van der Waals surface area contributed by atoms with Crippen molar-refractivity contribution in [2.24, 2.45) is 5.10 Å². The number of hydrazone groups is 1. The van der Waals surface area contributed by atoms with Gasteiger partial charge in [0.2, 0.25) is 0 Å². The zero-order valence-electron chi connectivity index (χ0n) is 7.90. The molecule has 0 unspecified atom stereocenters. The van der Waals surface area contributed by atoms with Crippen molar-refractivity contribution in [3.63, 3.8) is 0 Å². The van der Waals surface area contributed by atoms with Crippen LogP contribution in [0.2, 0.25) is 0 Å². The second kappa shape index (κ2) is 4.25. The van der Waals surface area contributed by atoms with Crippen LogP contribution in [-0.4, -0.2) is 23.0 Å². The van der Waals surface area contributed by atoms with E-state index < -0.39 is 18.0 Å². The highest BCUT2D eigenvalue weighted by molar-refractivity contribution is 9.10. The Balaban J connectivity index is 2.28. The van der Waals surface area contributed by atoms with Crippen LogP contribution in [0.25, 0.3) is 0 Å². The Morgan fingerprint density at radius 2 is 2.19 bits per heavy atom. The third-order valence-electron chi connectivity index (χ3n) is 1.98. The second-order valence-corrected chi connectivity index (χ2v) is 4.02. The first kappa shape index (κ1) is 11.1. The van der Waals surface area contributed by atoms with Gasteiger partial charge in [-0.15, -0.1) is 0 Å². The lowest BCUT2D eigenvalue weighted by molar-refractivity contribution is -0.117. The molecule has 0 aromatic carbocycles. The molecule has 2 rings (SSSR count). The van der Waals surface area contributed by atoms with Crippen molar-refractivity contribution >= 4 is 33.4 Å². The lowest BCUT2D eigenvalue weighted by atomic mass is 10.3. The molecule has 0 saturated heterocycles. The van der Waals surface area contributed by atoms with Crippen LogP contribution in [0.1, 0.15) is 6.42 Å². The zero-order valence-corrected chi connectivity index (χ0v) is 9.49. The van der Waals surface area contributed by atoms with Crippen LogP contribution in [-0.2, 0) is 4.79 Å². The summed E-state index contributed by atoms with van der Waals surface area (Å²) in [6.45, 7) is 0. The molecule has 1 aromatic heterocycles. The van der Waals surface area contributed by atoms with Gasteiger partial charge in [-0.05, 0) is 28.1 Å². The van der Waals surface area contributed by atoms with Gasteiger partial charge >= 0.3 is 0 Å². The van der Waals surface area contributed by atoms with Crippen LogP contribution >= 0.6 is 15.9 Å². The molecule has 1 amide bonds. The number of hydrogen-bond donors (Lipinski definition) is 0. The standard InChI is InChI=1S/C9H6BrF2N3O/c10-5-1-2-7(13-4-5)15-8(16)3-6(14-15)9(11)12/h1-2,4,9H,3H2. The SMILES string of the molecule is O=C1CC(C(F)F)=NN1c1ccc(Br)cn1. The quantitative estimate of drug-likeness (QED) is 0.838. The van der Waals surface area contributed by atoms with Crippen LogP contribution in [0.15, 0.2) is 27.9 Å². The Labute approximate surface area is 98.1 Å². The molecule has 0 radical (unpaired) electrons. The molecule has 0 spiro atoms. The Morgan fingerprint density at radius 1 is 1.44 bits per heavy atom. The predicted octanol–water partition coefficient (Wildman–Crippen LogP) is 2.20. The van der Waals surface area contributed by atoms with Crippen molar-refractivity contribution in [2.45, 2.75) is 12.8 Å². The van der Waals surface area contributed by atoms with E-state index in [1.54, 1.807) is 6.07 Å². The minimum Gasteiger partial charge on any atom is -0.272 e. The number of amides is 1. The van der Waals surface area contributed by atoms with Crippen LogP contribution in [0.3, 0.4) is 0 Å². The van der Waals surface area contributed by atoms with Gasteiger partial charge in [0, 0.05) is 10.7 Å². The van der Waals surface area contributed by atoms with E-state index in [-0.39, 0.29) is 12.2 Å². The minimum absolute atomic E-state index is 0.240. The van der Waals surface area contributed by atoms with Gasteiger partial charge in [0.05, 0.1) is 6.42 Å². The summed E-state index contributed by atoms with van der Waals surface area (Å²) in [5.41, 5.74) is -0.422. The molecule has 7 heteroatoms. The largest absolute Gasteiger partial charge is 0.278 e. The predicted molar refractivity (Wildman–Crippen MR) is 57.5 cm³/mol. The number of halogens is 3. The first-order chi connectivity index (χ1) is 7.58. The van der Waals surface area contributed by atoms with Crippen LogP contribution in [0.4, 0.5) is 14.6 Å². The molecule has 4 nitrogen and oxygen atoms in total. The maximum Gasteiger partial charge on any atom is 0.278 e. The van der Waals surface area contributed by atoms with Crippen molar-refractivity contribution in [1.29, 1.82) is 0 Å². The number of carbonyl (C=O) groups is 1. The third-order valence-corrected chi connectivity index (χ3v) is 2.45. The number of rotatable bonds is 2. The molecular formula is C9H6BrF2N3O. The van der Waals surface area contributed by atoms with Crippen molar-refractivity contribution < 1.29 is 13.6 Å². The fourth-order valence-electron chi connectivity index (χ4n) is 1.24. The molecule has 0 aliphatic carbocycles. The first-order valence-corrected chi connectivity index (χ1v) is 5.17. The second-order valence-electron chi connectivity index (χ2n) is 3.11. The Hall–Kier alpha value is -1.37. The number of hydrogen-bond acceptors (Lipinski definition) is 3. The van der Waals surface area contributed by atoms with Gasteiger partial charge in [-0.25, -0.2) is 13.8 Å². The monoisotopic (exact) mass is 289 g/mol. The van der Waals surface area contributed by atoms with Gasteiger partial charge < -0.3 is 0 Å². The van der Waals surface area contributed by atoms with E-state index in [1.807, 2.05) is 0 Å². The molecule has 1 aromatic rings. The van der Waals surface area contributed by atoms with Gasteiger partial charge in [-0.2, -0.15) is 10.1 Å². The maximum absolute atomic E-state index is 12.3. The molecule has 1 aliphatic heterocycles. The number of nitrogens with zero attached hydrogens (tertiary/aromatic N) is 3. The highest BCUT2D eigenvalue weighted by Gasteiger charge is 2.30. The first-order valence-electron chi connectivity index (χ1n) is 4.38. The molecule has 0 fully saturated rings. The fraction of sp³-hybridized carbons (Fsp3) is 0.222. The summed E-state index contributed by atoms with van der Waals surface area (Å²) in [5, 5.41) is 4.44. The van der Waals surface area contributed by atoms with Crippen LogP contribution < -0.4 is 5.01 Å². The minimum atomic E-state index is -2.70. The summed E-state index contributed by atoms with van der Waals surface area (Å²) in [6.07, 6.45) is -1.59. The Morgan fingerprint density at radius 3 is 2.69 bits per heavy atom. The molecule has 0 bridgehead atoms. The maximum atomic E-state index is 12.3. The summed E-state index contributed by atoms with van der Waals surface area (Å²) < 4.78 is 25.4. The highest BCUT2D eigenvalue weighted by atomic mass is 79.9. The summed E-state index contributed by atoms with van der Waals surface area (Å²) in [7, 11) is 0. The van der Waals surface area contributed by atoms with E-state index in [1.165, 1.54) is 12.3 Å². The average molecular weight is 290 g/mol. The molecule has 16 heavy (non-hydrogen) atoms. The third kappa shape index (κ3) is 2.08. The van der Waals surface area contributed by atoms with Gasteiger partial charge in [-0.1, -0.05) is 0 Å². The Kier molecular flexibility index (Phi) is 2.95. The Bertz CT molecular complexity index is 447. The summed E-state index contributed by atoms with van der Waals surface area (Å²) in [5.74, 6) is -0.256. The lowest BCUT2D eigenvalue weighted by Crippen LogP contribution is -2.20. The topological polar surface area (TPSA) is 45.6 Å². The van der Waals surface area contributed by atoms with Crippen molar-refractivity contribution in [3.8, 4) is 0 Å². The molecule has 0 saturated carbocycles. The molecule has 0 atom stereocenters. The average Bonchev–Trinajstić information content (AvgIpc) is 2.62. The number of aromatic nitrogens is 1. The summed E-state index contributed by atoms with van der Waals surface area (Å²) in [6, 6.07) is 3.19. The normalized spacial score (nSPS) is 15.9. The van der Waals surface area contributed by atoms with Gasteiger partial charge in [0.15, 0.2) is 5.82 Å². The van der Waals surface area contributed by atoms with Crippen molar-refractivity contribution in [2.75, 3.05) is 5.01 Å². The molecule has 1 aliphatic rings. The van der Waals surface area contributed by atoms with Gasteiger partial charge in [0.1, 0.15) is 5.71 Å². The van der Waals surface area contributed by atoms with E-state index in [4.69, 9.17) is 0 Å². The van der Waals surface area contributed by atoms with Crippen molar-refractivity contribution in [3.05, 3.63) is 22.8 Å². The number of pyridine rings is 1. The zero-order chi connectivity index (χ0) is 11.7. The van der Waals surface area contributed by atoms with E-state index in [0.717, 1.165) is 9.48 Å². The molecule has 2 heterocycles. The fourth-order valence-corrected chi connectivity index (χ4v) is 1.48. The van der Waals surface area contributed by atoms with E-state index >= 15 is 0 Å². The summed E-state index contributed by atoms with van der Waals surface area (Å²) >= 11 is 3.18. The molecular weight excluding hydrogens is 284 g/mol. The number of alkyl halides is 2. The van der Waals surface area contributed by atoms with E-state index in [0.29, 0.717) is 0 Å². The smallest absolute Gasteiger partial charge is 0.272 e. The number of anilines is 1. The van der Waals surface area contributed by atoms with Gasteiger partial charge in [0.25, 0.3) is 12.3 Å².